The molecule has 0 saturated carbocycles. The molecule has 2 rings (SSSR count). The fourth-order valence-electron chi connectivity index (χ4n) is 3.82. The van der Waals surface area contributed by atoms with Crippen LogP contribution in [-0.4, -0.2) is 72.8 Å². The Morgan fingerprint density at radius 2 is 1.38 bits per heavy atom. The van der Waals surface area contributed by atoms with E-state index in [0.717, 1.165) is 6.67 Å². The fraction of sp³-hybridized carbons (Fsp3) is 0.909. The highest BCUT2D eigenvalue weighted by Crippen LogP contribution is 2.41. The van der Waals surface area contributed by atoms with Gasteiger partial charge in [0.15, 0.2) is 0 Å². The molecule has 0 aromatic heterocycles. The number of hydrogen-bond donors (Lipinski definition) is 0. The Bertz CT molecular complexity index is 291. The van der Waals surface area contributed by atoms with Crippen molar-refractivity contribution in [1.82, 2.24) is 19.6 Å². The molecule has 2 fully saturated rings. The second-order valence-corrected chi connectivity index (χ2v) is 5.73. The van der Waals surface area contributed by atoms with Crippen LogP contribution in [0, 0.1) is 5.41 Å². The van der Waals surface area contributed by atoms with Crippen molar-refractivity contribution in [2.75, 3.05) is 34.9 Å². The number of carbonyl (C=O) groups excluding carboxylic acids is 1. The van der Waals surface area contributed by atoms with Crippen molar-refractivity contribution in [2.24, 2.45) is 5.41 Å². The van der Waals surface area contributed by atoms with Gasteiger partial charge in [0.2, 0.25) is 0 Å². The van der Waals surface area contributed by atoms with Gasteiger partial charge in [0.1, 0.15) is 0 Å². The summed E-state index contributed by atoms with van der Waals surface area (Å²) < 4.78 is 0. The summed E-state index contributed by atoms with van der Waals surface area (Å²) in [6, 6.07) is 0.104. The highest BCUT2D eigenvalue weighted by atomic mass is 16.2. The highest BCUT2D eigenvalue weighted by molar-refractivity contribution is 5.76. The molecular formula is C11H22N4O. The predicted molar refractivity (Wildman–Crippen MR) is 62.7 cm³/mol. The van der Waals surface area contributed by atoms with E-state index in [9.17, 15) is 4.79 Å². The summed E-state index contributed by atoms with van der Waals surface area (Å²) in [7, 11) is 7.94. The normalized spacial score (nSPS) is 35.8. The summed E-state index contributed by atoms with van der Waals surface area (Å²) in [4.78, 5) is 20.3. The maximum atomic E-state index is 12.1. The van der Waals surface area contributed by atoms with E-state index in [-0.39, 0.29) is 23.8 Å². The zero-order valence-electron chi connectivity index (χ0n) is 11.1. The van der Waals surface area contributed by atoms with E-state index >= 15 is 0 Å². The van der Waals surface area contributed by atoms with E-state index in [4.69, 9.17) is 0 Å². The SMILES string of the molecule is CN1CN(C)C2N(C)C(=O)N(C)C1C2(C)C. The lowest BCUT2D eigenvalue weighted by molar-refractivity contribution is -0.175. The van der Waals surface area contributed by atoms with Crippen LogP contribution in [0.25, 0.3) is 0 Å². The summed E-state index contributed by atoms with van der Waals surface area (Å²) in [5.41, 5.74) is 0.0408. The Morgan fingerprint density at radius 3 is 1.75 bits per heavy atom. The molecule has 2 aliphatic rings. The lowest BCUT2D eigenvalue weighted by Gasteiger charge is -2.62. The van der Waals surface area contributed by atoms with Crippen LogP contribution in [-0.2, 0) is 0 Å². The maximum Gasteiger partial charge on any atom is 0.322 e. The third-order valence-electron chi connectivity index (χ3n) is 3.95. The Balaban J connectivity index is 2.46. The molecule has 2 heterocycles. The fourth-order valence-corrected chi connectivity index (χ4v) is 3.82. The Hall–Kier alpha value is -0.810. The molecule has 2 saturated heterocycles. The molecule has 2 bridgehead atoms. The number of nitrogens with zero attached hydrogens (tertiary/aromatic N) is 4. The first kappa shape index (κ1) is 11.7. The van der Waals surface area contributed by atoms with Crippen molar-refractivity contribution in [2.45, 2.75) is 26.2 Å². The molecule has 2 unspecified atom stereocenters. The van der Waals surface area contributed by atoms with Crippen molar-refractivity contribution in [1.29, 1.82) is 0 Å². The molecular weight excluding hydrogens is 204 g/mol. The topological polar surface area (TPSA) is 30.0 Å². The van der Waals surface area contributed by atoms with Gasteiger partial charge < -0.3 is 9.80 Å². The van der Waals surface area contributed by atoms with Gasteiger partial charge in [-0.1, -0.05) is 13.8 Å². The molecule has 2 atom stereocenters. The average Bonchev–Trinajstić information content (AvgIpc) is 2.12. The molecule has 2 aliphatic heterocycles. The van der Waals surface area contributed by atoms with Gasteiger partial charge in [0.25, 0.3) is 0 Å². The summed E-state index contributed by atoms with van der Waals surface area (Å²) in [5, 5.41) is 0. The molecule has 0 N–H and O–H groups in total. The van der Waals surface area contributed by atoms with E-state index < -0.39 is 0 Å². The monoisotopic (exact) mass is 226 g/mol. The summed E-state index contributed by atoms with van der Waals surface area (Å²) >= 11 is 0. The van der Waals surface area contributed by atoms with Gasteiger partial charge in [-0.05, 0) is 14.1 Å². The van der Waals surface area contributed by atoms with E-state index in [1.54, 1.807) is 0 Å². The van der Waals surface area contributed by atoms with Crippen molar-refractivity contribution in [3.63, 3.8) is 0 Å². The summed E-state index contributed by atoms with van der Waals surface area (Å²) in [6.45, 7) is 5.35. The first-order valence-electron chi connectivity index (χ1n) is 5.68. The molecule has 0 radical (unpaired) electrons. The summed E-state index contributed by atoms with van der Waals surface area (Å²) in [6.07, 6.45) is 0.356. The molecule has 0 aromatic rings. The predicted octanol–water partition coefficient (Wildman–Crippen LogP) is 0.497. The lowest BCUT2D eigenvalue weighted by Crippen LogP contribution is -2.77. The van der Waals surface area contributed by atoms with Gasteiger partial charge in [-0.25, -0.2) is 4.79 Å². The second-order valence-electron chi connectivity index (χ2n) is 5.73. The minimum absolute atomic E-state index is 0.0408. The first-order chi connectivity index (χ1) is 7.28. The third-order valence-corrected chi connectivity index (χ3v) is 3.95. The molecule has 5 heteroatoms. The van der Waals surface area contributed by atoms with Crippen LogP contribution in [0.4, 0.5) is 4.79 Å². The number of carbonyl (C=O) groups is 1. The molecule has 16 heavy (non-hydrogen) atoms. The minimum atomic E-state index is 0.0408. The first-order valence-corrected chi connectivity index (χ1v) is 5.68. The van der Waals surface area contributed by atoms with Gasteiger partial charge >= 0.3 is 6.03 Å². The smallest absolute Gasteiger partial charge is 0.311 e. The van der Waals surface area contributed by atoms with Crippen molar-refractivity contribution in [3.05, 3.63) is 0 Å². The van der Waals surface area contributed by atoms with Gasteiger partial charge in [-0.15, -0.1) is 0 Å². The van der Waals surface area contributed by atoms with Crippen LogP contribution in [0.2, 0.25) is 0 Å². The average molecular weight is 226 g/mol. The zero-order valence-corrected chi connectivity index (χ0v) is 11.1. The number of fused-ring (bicyclic) bond motifs is 2. The number of amides is 2. The second kappa shape index (κ2) is 3.34. The van der Waals surface area contributed by atoms with E-state index in [0.29, 0.717) is 0 Å². The lowest BCUT2D eigenvalue weighted by atomic mass is 9.79. The third kappa shape index (κ3) is 1.28. The summed E-state index contributed by atoms with van der Waals surface area (Å²) in [5.74, 6) is 0. The highest BCUT2D eigenvalue weighted by Gasteiger charge is 2.55. The van der Waals surface area contributed by atoms with Gasteiger partial charge in [0, 0.05) is 19.5 Å². The number of urea groups is 1. The zero-order chi connectivity index (χ0) is 12.2. The van der Waals surface area contributed by atoms with Gasteiger partial charge in [-0.3, -0.25) is 9.80 Å². The molecule has 92 valence electrons. The van der Waals surface area contributed by atoms with Gasteiger partial charge in [-0.2, -0.15) is 0 Å². The molecule has 2 amide bonds. The molecule has 0 spiro atoms. The van der Waals surface area contributed by atoms with Crippen LogP contribution in [0.3, 0.4) is 0 Å². The van der Waals surface area contributed by atoms with Gasteiger partial charge in [0.05, 0.1) is 19.0 Å². The van der Waals surface area contributed by atoms with E-state index in [1.165, 1.54) is 0 Å². The van der Waals surface area contributed by atoms with E-state index in [2.05, 4.69) is 37.7 Å². The standard InChI is InChI=1S/C11H22N4O/c1-11(2)8-12(3)7-13(4)9(11)15(6)10(16)14(8)5/h8-9H,7H2,1-6H3. The number of hydrogen-bond acceptors (Lipinski definition) is 3. The quantitative estimate of drug-likeness (QED) is 0.602. The van der Waals surface area contributed by atoms with Crippen molar-refractivity contribution in [3.8, 4) is 0 Å². The van der Waals surface area contributed by atoms with Crippen molar-refractivity contribution < 1.29 is 4.79 Å². The molecule has 0 aliphatic carbocycles. The maximum absolute atomic E-state index is 12.1. The molecule has 5 nitrogen and oxygen atoms in total. The largest absolute Gasteiger partial charge is 0.322 e. The molecule has 0 aromatic carbocycles. The Kier molecular flexibility index (Phi) is 2.44. The minimum Gasteiger partial charge on any atom is -0.311 e. The van der Waals surface area contributed by atoms with Crippen LogP contribution in [0.15, 0.2) is 0 Å². The Morgan fingerprint density at radius 1 is 1.00 bits per heavy atom. The van der Waals surface area contributed by atoms with Crippen molar-refractivity contribution >= 4 is 6.03 Å². The van der Waals surface area contributed by atoms with Crippen LogP contribution in [0.5, 0.6) is 0 Å². The number of rotatable bonds is 0. The van der Waals surface area contributed by atoms with Crippen LogP contribution in [0.1, 0.15) is 13.8 Å². The van der Waals surface area contributed by atoms with E-state index in [1.807, 2.05) is 23.9 Å². The van der Waals surface area contributed by atoms with Crippen LogP contribution >= 0.6 is 0 Å². The Labute approximate surface area is 97.6 Å². The van der Waals surface area contributed by atoms with Crippen LogP contribution < -0.4 is 0 Å².